The zero-order chi connectivity index (χ0) is 90.2. The van der Waals surface area contributed by atoms with Crippen LogP contribution in [0.15, 0.2) is 41.8 Å². The van der Waals surface area contributed by atoms with Crippen LogP contribution in [0.4, 0.5) is 0 Å². The Morgan fingerprint density at radius 1 is 0.479 bits per heavy atom. The number of nitrogens with zero attached hydrogens (tertiary/aromatic N) is 2. The van der Waals surface area contributed by atoms with Gasteiger partial charge < -0.3 is 124 Å². The number of aromatic amines is 1. The molecule has 1 heterocycles. The van der Waals surface area contributed by atoms with E-state index >= 15 is 0 Å². The van der Waals surface area contributed by atoms with Crippen molar-refractivity contribution in [2.45, 2.75) is 289 Å². The van der Waals surface area contributed by atoms with Crippen LogP contribution in [-0.2, 0) is 94.3 Å². The standard InChI is InChI=1S/C77H129N23O19/c1-13-15-20-47(91-69(114)54(35-40(3)4)95-67(112)51(28-31-57(80)103)93-71(116)60(42(7)14-2)98-68(113)52(29-32-58(104)105)97-74(119)77(11,12)100-72(117)59(41(5)6)99-73(118)76(9,10)84)65(110)96-55(37-45-38-85-39-87-45)70(115)92-50(27-30-56(79)102)66(111)90-48(22-17-19-34-86-75(82)83)63(108)88-43(8)62(107)89-49(21-16-18-33-78)64(109)94-53(61(81)106)36-44-23-25-46(101)26-24-44/h23-26,38-43,47-55,59-60,101H,13-22,27-37,78,84H2,1-12H3,(H2,79,102)(H2,80,103)(H2,81,106)(H,85,87)(H,88,108)(H,89,107)(H,90,111)(H,91,114)(H,92,115)(H,93,116)(H,94,109)(H,95,112)(H,96,110)(H,97,119)(H,98,113)(H,99,118)(H,100,117)(H,104,105)(H4,82,83,86)/t42-,43-,47-,48-,49-,50-,51-,52-,53-,54-,55-,59-,60-/m0/s1. The number of carboxylic acid groups (broad SMARTS) is 1. The van der Waals surface area contributed by atoms with E-state index in [4.69, 9.17) is 40.1 Å². The van der Waals surface area contributed by atoms with E-state index in [0.717, 1.165) is 0 Å². The lowest BCUT2D eigenvalue weighted by Gasteiger charge is -2.32. The van der Waals surface area contributed by atoms with Crippen LogP contribution in [0.5, 0.6) is 5.75 Å². The molecule has 42 nitrogen and oxygen atoms in total. The number of phenolic OH excluding ortho intramolecular Hbond substituents is 1. The number of nitrogens with two attached hydrogens (primary N) is 7. The van der Waals surface area contributed by atoms with Crippen molar-refractivity contribution in [3.05, 3.63) is 48.0 Å². The van der Waals surface area contributed by atoms with Gasteiger partial charge in [0.1, 0.15) is 83.8 Å². The molecule has 0 bridgehead atoms. The summed E-state index contributed by atoms with van der Waals surface area (Å²) in [5.74, 6) is -18.1. The van der Waals surface area contributed by atoms with Gasteiger partial charge in [0.2, 0.25) is 94.5 Å². The first-order valence-corrected chi connectivity index (χ1v) is 40.0. The number of hydrogen-bond donors (Lipinski definition) is 23. The molecule has 1 aromatic carbocycles. The second-order valence-corrected chi connectivity index (χ2v) is 31.5. The number of guanidine groups is 1. The molecule has 0 saturated carbocycles. The predicted octanol–water partition coefficient (Wildman–Crippen LogP) is -4.24. The number of H-pyrrole nitrogens is 1. The van der Waals surface area contributed by atoms with Gasteiger partial charge in [-0.1, -0.05) is 79.9 Å². The van der Waals surface area contributed by atoms with Crippen LogP contribution in [0, 0.1) is 17.8 Å². The van der Waals surface area contributed by atoms with Crippen molar-refractivity contribution in [3.8, 4) is 5.75 Å². The van der Waals surface area contributed by atoms with Crippen LogP contribution >= 0.6 is 0 Å². The summed E-state index contributed by atoms with van der Waals surface area (Å²) in [6.45, 7) is 18.8. The molecule has 42 heteroatoms. The molecule has 0 aliphatic carbocycles. The number of rotatable bonds is 57. The largest absolute Gasteiger partial charge is 0.508 e. The minimum absolute atomic E-state index is 0.0332. The molecule has 16 amide bonds. The first-order valence-electron chi connectivity index (χ1n) is 40.0. The van der Waals surface area contributed by atoms with E-state index in [1.165, 1.54) is 71.4 Å². The summed E-state index contributed by atoms with van der Waals surface area (Å²) in [5, 5.41) is 53.0. The molecule has 666 valence electrons. The molecule has 0 fully saturated rings. The van der Waals surface area contributed by atoms with E-state index < -0.39 is 234 Å². The molecule has 0 spiro atoms. The number of carbonyl (C=O) groups is 17. The lowest BCUT2D eigenvalue weighted by molar-refractivity contribution is -0.140. The molecule has 0 aliphatic rings. The Kier molecular flexibility index (Phi) is 44.8. The normalized spacial score (nSPS) is 14.7. The fourth-order valence-corrected chi connectivity index (χ4v) is 11.8. The van der Waals surface area contributed by atoms with Crippen molar-refractivity contribution >= 4 is 106 Å². The topological polar surface area (TPSA) is 710 Å². The predicted molar refractivity (Wildman–Crippen MR) is 437 cm³/mol. The SMILES string of the molecule is CCCC[C@H](NC(=O)[C@H](CC(C)C)NC(=O)[C@H](CCC(N)=O)NC(=O)[C@@H](NC(=O)[C@H](CCC(=O)O)NC(=O)C(C)(C)NC(=O)[C@@H](NC(=O)C(C)(C)N)C(C)C)[C@@H](C)CC)C(=O)N[C@@H](Cc1cnc[nH]1)C(=O)N[C@@H](CCC(N)=O)C(=O)N[C@@H](CCCCN=C(N)N)C(=O)N[C@@H](C)C(=O)N[C@@H](CCCCN)C(=O)N[C@@H](Cc1ccc(O)cc1)C(N)=O. The van der Waals surface area contributed by atoms with Gasteiger partial charge in [-0.05, 0) is 147 Å². The zero-order valence-electron chi connectivity index (χ0n) is 70.2. The third-order valence-corrected chi connectivity index (χ3v) is 19.1. The van der Waals surface area contributed by atoms with Crippen molar-refractivity contribution in [2.24, 2.45) is 62.9 Å². The highest BCUT2D eigenvalue weighted by Crippen LogP contribution is 2.18. The van der Waals surface area contributed by atoms with Crippen molar-refractivity contribution < 1.29 is 91.7 Å². The maximum Gasteiger partial charge on any atom is 0.303 e. The number of imidazole rings is 1. The molecule has 30 N–H and O–H groups in total. The Morgan fingerprint density at radius 2 is 0.924 bits per heavy atom. The summed E-state index contributed by atoms with van der Waals surface area (Å²) >= 11 is 0. The molecule has 0 radical (unpaired) electrons. The number of carboxylic acids is 1. The maximum atomic E-state index is 14.8. The highest BCUT2D eigenvalue weighted by atomic mass is 16.4. The van der Waals surface area contributed by atoms with Gasteiger partial charge in [-0.25, -0.2) is 4.98 Å². The summed E-state index contributed by atoms with van der Waals surface area (Å²) in [5.41, 5.74) is 37.1. The summed E-state index contributed by atoms with van der Waals surface area (Å²) in [6, 6.07) is -11.9. The van der Waals surface area contributed by atoms with Crippen LogP contribution < -0.4 is 109 Å². The van der Waals surface area contributed by atoms with Gasteiger partial charge in [0, 0.05) is 50.5 Å². The minimum Gasteiger partial charge on any atom is -0.508 e. The van der Waals surface area contributed by atoms with E-state index in [1.807, 2.05) is 0 Å². The zero-order valence-corrected chi connectivity index (χ0v) is 70.2. The monoisotopic (exact) mass is 1680 g/mol. The van der Waals surface area contributed by atoms with Gasteiger partial charge in [0.05, 0.1) is 11.9 Å². The van der Waals surface area contributed by atoms with Gasteiger partial charge in [-0.2, -0.15) is 0 Å². The number of aromatic nitrogens is 2. The third kappa shape index (κ3) is 39.0. The van der Waals surface area contributed by atoms with Crippen LogP contribution in [-0.4, -0.2) is 223 Å². The fraction of sp³-hybridized carbons (Fsp3) is 0.649. The Labute approximate surface area is 692 Å². The quantitative estimate of drug-likeness (QED) is 0.0169. The summed E-state index contributed by atoms with van der Waals surface area (Å²) < 4.78 is 0. The van der Waals surface area contributed by atoms with E-state index in [-0.39, 0.29) is 94.2 Å². The molecule has 0 saturated heterocycles. The number of amides is 16. The van der Waals surface area contributed by atoms with Gasteiger partial charge in [-0.3, -0.25) is 86.5 Å². The number of hydrogen-bond acceptors (Lipinski definition) is 22. The Balaban J connectivity index is 2.58. The van der Waals surface area contributed by atoms with E-state index in [2.05, 4.69) is 84.1 Å². The Bertz CT molecular complexity index is 3770. The van der Waals surface area contributed by atoms with Crippen LogP contribution in [0.25, 0.3) is 0 Å². The average Bonchev–Trinajstić information content (AvgIpc) is 0.916. The second-order valence-electron chi connectivity index (χ2n) is 31.5. The van der Waals surface area contributed by atoms with E-state index in [9.17, 15) is 91.7 Å². The third-order valence-electron chi connectivity index (χ3n) is 19.1. The number of unbranched alkanes of at least 4 members (excludes halogenated alkanes) is 3. The lowest BCUT2D eigenvalue weighted by atomic mass is 9.96. The smallest absolute Gasteiger partial charge is 0.303 e. The molecule has 1 aromatic heterocycles. The van der Waals surface area contributed by atoms with Crippen molar-refractivity contribution in [1.82, 2.24) is 79.1 Å². The second kappa shape index (κ2) is 51.6. The average molecular weight is 1680 g/mol. The van der Waals surface area contributed by atoms with Crippen LogP contribution in [0.3, 0.4) is 0 Å². The molecule has 0 unspecified atom stereocenters. The number of benzene rings is 1. The fourth-order valence-electron chi connectivity index (χ4n) is 11.8. The summed E-state index contributed by atoms with van der Waals surface area (Å²) in [6.07, 6.45) is 0.930. The number of aliphatic carboxylic acids is 1. The van der Waals surface area contributed by atoms with Crippen LogP contribution in [0.2, 0.25) is 0 Å². The van der Waals surface area contributed by atoms with Gasteiger partial charge in [0.15, 0.2) is 5.96 Å². The van der Waals surface area contributed by atoms with Gasteiger partial charge in [-0.15, -0.1) is 0 Å². The summed E-state index contributed by atoms with van der Waals surface area (Å²) in [4.78, 5) is 245. The Morgan fingerprint density at radius 3 is 1.39 bits per heavy atom. The van der Waals surface area contributed by atoms with E-state index in [0.29, 0.717) is 31.2 Å². The van der Waals surface area contributed by atoms with Gasteiger partial charge >= 0.3 is 5.97 Å². The molecular formula is C77H129N23O19. The van der Waals surface area contributed by atoms with Crippen molar-refractivity contribution in [2.75, 3.05) is 13.1 Å². The highest BCUT2D eigenvalue weighted by Gasteiger charge is 2.41. The number of aromatic hydroxyl groups is 1. The van der Waals surface area contributed by atoms with Crippen LogP contribution in [0.1, 0.15) is 203 Å². The first kappa shape index (κ1) is 103. The van der Waals surface area contributed by atoms with Crippen molar-refractivity contribution in [1.29, 1.82) is 0 Å². The number of phenols is 1. The van der Waals surface area contributed by atoms with Crippen molar-refractivity contribution in [3.63, 3.8) is 0 Å². The summed E-state index contributed by atoms with van der Waals surface area (Å²) in [7, 11) is 0. The molecule has 2 rings (SSSR count). The number of aliphatic imine (C=N–C) groups is 1. The number of carbonyl (C=O) groups excluding carboxylic acids is 16. The van der Waals surface area contributed by atoms with E-state index in [1.54, 1.807) is 48.5 Å². The molecule has 2 aromatic rings. The maximum absolute atomic E-state index is 14.8. The molecule has 0 aliphatic heterocycles. The number of nitrogens with one attached hydrogen (secondary N) is 14. The molecule has 119 heavy (non-hydrogen) atoms. The number of primary amides is 3. The minimum atomic E-state index is -1.82. The molecular weight excluding hydrogens is 1550 g/mol. The lowest BCUT2D eigenvalue weighted by Crippen LogP contribution is -2.64. The highest BCUT2D eigenvalue weighted by molar-refractivity contribution is 6.01. The molecule has 13 atom stereocenters. The first-order chi connectivity index (χ1) is 55.6. The Hall–Kier alpha value is -11.6. The van der Waals surface area contributed by atoms with Gasteiger partial charge in [0.25, 0.3) is 0 Å².